The number of nitrogens with two attached hydrogens (primary N) is 1. The fraction of sp³-hybridized carbons (Fsp3) is 0.500. The molecule has 3 amide bonds. The zero-order valence-corrected chi connectivity index (χ0v) is 13.0. The first-order valence-corrected chi connectivity index (χ1v) is 7.74. The molecule has 0 aliphatic carbocycles. The number of thiophene rings is 1. The molecule has 0 saturated carbocycles. The van der Waals surface area contributed by atoms with E-state index in [-0.39, 0.29) is 30.7 Å². The second-order valence-electron chi connectivity index (χ2n) is 4.82. The summed E-state index contributed by atoms with van der Waals surface area (Å²) < 4.78 is 0. The molecule has 0 aliphatic rings. The van der Waals surface area contributed by atoms with Crippen LogP contribution < -0.4 is 16.4 Å². The van der Waals surface area contributed by atoms with E-state index < -0.39 is 11.9 Å². The molecule has 1 aromatic rings. The van der Waals surface area contributed by atoms with E-state index >= 15 is 0 Å². The van der Waals surface area contributed by atoms with Crippen LogP contribution in [0.25, 0.3) is 0 Å². The lowest BCUT2D eigenvalue weighted by atomic mass is 9.98. The lowest BCUT2D eigenvalue weighted by Gasteiger charge is -2.21. The Morgan fingerprint density at radius 3 is 2.62 bits per heavy atom. The molecule has 4 N–H and O–H groups in total. The summed E-state index contributed by atoms with van der Waals surface area (Å²) in [4.78, 5) is 35.4. The van der Waals surface area contributed by atoms with Gasteiger partial charge in [-0.2, -0.15) is 0 Å². The number of nitrogens with one attached hydrogen (secondary N) is 2. The number of hydrogen-bond acceptors (Lipinski definition) is 4. The van der Waals surface area contributed by atoms with Crippen LogP contribution in [0.1, 0.15) is 36.4 Å². The highest BCUT2D eigenvalue weighted by Crippen LogP contribution is 2.08. The average molecular weight is 311 g/mol. The summed E-state index contributed by atoms with van der Waals surface area (Å²) in [6.45, 7) is 4.00. The van der Waals surface area contributed by atoms with Gasteiger partial charge in [-0.15, -0.1) is 11.3 Å². The normalized spacial score (nSPS) is 13.2. The molecule has 21 heavy (non-hydrogen) atoms. The van der Waals surface area contributed by atoms with Crippen molar-refractivity contribution < 1.29 is 14.4 Å². The minimum Gasteiger partial charge on any atom is -0.368 e. The number of primary amides is 1. The molecule has 116 valence electrons. The Hall–Kier alpha value is -1.89. The van der Waals surface area contributed by atoms with Crippen LogP contribution in [-0.2, 0) is 9.59 Å². The maximum Gasteiger partial charge on any atom is 0.261 e. The summed E-state index contributed by atoms with van der Waals surface area (Å²) in [6, 6.07) is 2.83. The van der Waals surface area contributed by atoms with E-state index in [1.807, 2.05) is 19.2 Å². The van der Waals surface area contributed by atoms with Gasteiger partial charge in [-0.05, 0) is 17.4 Å². The number of carbonyl (C=O) groups excluding carboxylic acids is 3. The van der Waals surface area contributed by atoms with Crippen LogP contribution in [0.2, 0.25) is 0 Å². The summed E-state index contributed by atoms with van der Waals surface area (Å²) in [5.74, 6) is -1.07. The Balaban J connectivity index is 2.36. The first-order chi connectivity index (χ1) is 9.95. The van der Waals surface area contributed by atoms with Gasteiger partial charge in [0.05, 0.1) is 4.88 Å². The third kappa shape index (κ3) is 5.55. The van der Waals surface area contributed by atoms with Gasteiger partial charge in [-0.1, -0.05) is 26.3 Å². The molecule has 0 fully saturated rings. The van der Waals surface area contributed by atoms with E-state index in [1.165, 1.54) is 11.3 Å². The molecule has 0 spiro atoms. The van der Waals surface area contributed by atoms with Crippen molar-refractivity contribution in [1.29, 1.82) is 0 Å². The minimum atomic E-state index is -0.671. The fourth-order valence-electron chi connectivity index (χ4n) is 1.76. The summed E-state index contributed by atoms with van der Waals surface area (Å²) in [5, 5.41) is 7.08. The molecule has 7 heteroatoms. The van der Waals surface area contributed by atoms with Gasteiger partial charge in [-0.3, -0.25) is 14.4 Å². The molecule has 1 aromatic heterocycles. The number of carbonyl (C=O) groups is 3. The van der Waals surface area contributed by atoms with Crippen LogP contribution in [0.4, 0.5) is 0 Å². The number of hydrogen-bond donors (Lipinski definition) is 3. The highest BCUT2D eigenvalue weighted by molar-refractivity contribution is 7.12. The van der Waals surface area contributed by atoms with Crippen molar-refractivity contribution in [3.63, 3.8) is 0 Å². The van der Waals surface area contributed by atoms with Gasteiger partial charge < -0.3 is 16.4 Å². The zero-order valence-electron chi connectivity index (χ0n) is 12.2. The monoisotopic (exact) mass is 311 g/mol. The van der Waals surface area contributed by atoms with Gasteiger partial charge in [0, 0.05) is 13.0 Å². The van der Waals surface area contributed by atoms with Crippen LogP contribution >= 0.6 is 11.3 Å². The van der Waals surface area contributed by atoms with E-state index in [1.54, 1.807) is 12.1 Å². The predicted octanol–water partition coefficient (Wildman–Crippen LogP) is 0.884. The standard InChI is InChI=1S/C14H21N3O3S/c1-3-9(2)12(13(15)19)17-11(18)6-7-16-14(20)10-5-4-8-21-10/h4-5,8-9,12H,3,6-7H2,1-2H3,(H2,15,19)(H,16,20)(H,17,18). The Morgan fingerprint density at radius 2 is 2.10 bits per heavy atom. The Morgan fingerprint density at radius 1 is 1.38 bits per heavy atom. The topological polar surface area (TPSA) is 101 Å². The van der Waals surface area contributed by atoms with Crippen molar-refractivity contribution >= 4 is 29.1 Å². The van der Waals surface area contributed by atoms with E-state index in [9.17, 15) is 14.4 Å². The van der Waals surface area contributed by atoms with Crippen molar-refractivity contribution in [3.8, 4) is 0 Å². The summed E-state index contributed by atoms with van der Waals surface area (Å²) in [5.41, 5.74) is 5.28. The maximum atomic E-state index is 11.8. The Kier molecular flexibility index (Phi) is 6.87. The average Bonchev–Trinajstić information content (AvgIpc) is 2.97. The van der Waals surface area contributed by atoms with Gasteiger partial charge in [0.1, 0.15) is 6.04 Å². The van der Waals surface area contributed by atoms with E-state index in [2.05, 4.69) is 10.6 Å². The molecular weight excluding hydrogens is 290 g/mol. The van der Waals surface area contributed by atoms with E-state index in [4.69, 9.17) is 5.73 Å². The molecule has 0 aliphatic heterocycles. The molecule has 2 unspecified atom stereocenters. The minimum absolute atomic E-state index is 0.0211. The molecule has 0 aromatic carbocycles. The summed E-state index contributed by atoms with van der Waals surface area (Å²) in [6.07, 6.45) is 0.848. The van der Waals surface area contributed by atoms with Crippen LogP contribution in [-0.4, -0.2) is 30.3 Å². The molecule has 6 nitrogen and oxygen atoms in total. The highest BCUT2D eigenvalue weighted by Gasteiger charge is 2.23. The van der Waals surface area contributed by atoms with Gasteiger partial charge in [0.25, 0.3) is 5.91 Å². The van der Waals surface area contributed by atoms with Gasteiger partial charge in [0.2, 0.25) is 11.8 Å². The fourth-order valence-corrected chi connectivity index (χ4v) is 2.40. The lowest BCUT2D eigenvalue weighted by Crippen LogP contribution is -2.48. The van der Waals surface area contributed by atoms with Gasteiger partial charge in [-0.25, -0.2) is 0 Å². The molecule has 1 heterocycles. The first-order valence-electron chi connectivity index (χ1n) is 6.86. The third-order valence-electron chi connectivity index (χ3n) is 3.22. The van der Waals surface area contributed by atoms with Crippen molar-refractivity contribution in [2.75, 3.05) is 6.54 Å². The smallest absolute Gasteiger partial charge is 0.261 e. The van der Waals surface area contributed by atoms with Crippen LogP contribution in [0.15, 0.2) is 17.5 Å². The predicted molar refractivity (Wildman–Crippen MR) is 81.8 cm³/mol. The largest absolute Gasteiger partial charge is 0.368 e. The van der Waals surface area contributed by atoms with Crippen molar-refractivity contribution in [1.82, 2.24) is 10.6 Å². The Labute approximate surface area is 128 Å². The maximum absolute atomic E-state index is 11.8. The van der Waals surface area contributed by atoms with Crippen LogP contribution in [0.5, 0.6) is 0 Å². The Bertz CT molecular complexity index is 488. The van der Waals surface area contributed by atoms with Gasteiger partial charge >= 0.3 is 0 Å². The van der Waals surface area contributed by atoms with Crippen LogP contribution in [0, 0.1) is 5.92 Å². The highest BCUT2D eigenvalue weighted by atomic mass is 32.1. The SMILES string of the molecule is CCC(C)C(NC(=O)CCNC(=O)c1cccs1)C(N)=O. The summed E-state index contributed by atoms with van der Waals surface area (Å²) >= 11 is 1.34. The van der Waals surface area contributed by atoms with Crippen molar-refractivity contribution in [3.05, 3.63) is 22.4 Å². The molecule has 2 atom stereocenters. The molecule has 0 radical (unpaired) electrons. The second kappa shape index (κ2) is 8.41. The van der Waals surface area contributed by atoms with E-state index in [0.717, 1.165) is 6.42 Å². The quantitative estimate of drug-likeness (QED) is 0.664. The van der Waals surface area contributed by atoms with E-state index in [0.29, 0.717) is 4.88 Å². The van der Waals surface area contributed by atoms with Crippen molar-refractivity contribution in [2.45, 2.75) is 32.7 Å². The third-order valence-corrected chi connectivity index (χ3v) is 4.09. The lowest BCUT2D eigenvalue weighted by molar-refractivity contribution is -0.128. The molecular formula is C14H21N3O3S. The number of rotatable bonds is 8. The molecule has 0 saturated heterocycles. The van der Waals surface area contributed by atoms with Crippen molar-refractivity contribution in [2.24, 2.45) is 11.7 Å². The molecule has 0 bridgehead atoms. The first kappa shape index (κ1) is 17.2. The molecule has 1 rings (SSSR count). The summed E-state index contributed by atoms with van der Waals surface area (Å²) in [7, 11) is 0. The van der Waals surface area contributed by atoms with Gasteiger partial charge in [0.15, 0.2) is 0 Å². The second-order valence-corrected chi connectivity index (χ2v) is 5.76. The number of amides is 3. The zero-order chi connectivity index (χ0) is 15.8. The van der Waals surface area contributed by atoms with Crippen LogP contribution in [0.3, 0.4) is 0 Å².